The number of thioether (sulfide) groups is 1. The molecular formula is C19H13ClN4OS. The van der Waals surface area contributed by atoms with Gasteiger partial charge >= 0.3 is 0 Å². The van der Waals surface area contributed by atoms with Crippen molar-refractivity contribution in [3.8, 4) is 6.07 Å². The van der Waals surface area contributed by atoms with E-state index in [9.17, 15) is 4.79 Å². The van der Waals surface area contributed by atoms with Gasteiger partial charge in [-0.1, -0.05) is 11.6 Å². The number of amides is 1. The van der Waals surface area contributed by atoms with Crippen LogP contribution in [-0.2, 0) is 5.75 Å². The number of aromatic nitrogens is 2. The number of anilines is 1. The van der Waals surface area contributed by atoms with Crippen LogP contribution in [0.4, 0.5) is 5.69 Å². The molecule has 0 atom stereocenters. The first-order chi connectivity index (χ1) is 12.7. The number of nitrogens with one attached hydrogen (secondary N) is 1. The highest BCUT2D eigenvalue weighted by Gasteiger charge is 2.13. The van der Waals surface area contributed by atoms with Crippen molar-refractivity contribution in [3.63, 3.8) is 0 Å². The van der Waals surface area contributed by atoms with Gasteiger partial charge in [0.05, 0.1) is 5.56 Å². The smallest absolute Gasteiger partial charge is 0.258 e. The van der Waals surface area contributed by atoms with E-state index in [2.05, 4.69) is 15.3 Å². The number of hydrogen-bond donors (Lipinski definition) is 1. The van der Waals surface area contributed by atoms with Crippen molar-refractivity contribution >= 4 is 35.0 Å². The predicted molar refractivity (Wildman–Crippen MR) is 102 cm³/mol. The standard InChI is InChI=1S/C19H13ClN4OS/c20-14-3-5-15(6-4-14)24-18(25)17-2-1-8-23-19(17)26-12-13-7-9-22-16(10-13)11-21/h1-10H,12H2,(H,24,25). The normalized spacial score (nSPS) is 10.2. The number of rotatable bonds is 5. The average Bonchev–Trinajstić information content (AvgIpc) is 2.68. The summed E-state index contributed by atoms with van der Waals surface area (Å²) in [5.41, 5.74) is 2.45. The summed E-state index contributed by atoms with van der Waals surface area (Å²) >= 11 is 7.29. The van der Waals surface area contributed by atoms with Crippen LogP contribution in [0.2, 0.25) is 5.02 Å². The molecule has 1 amide bonds. The molecule has 1 N–H and O–H groups in total. The molecule has 0 fully saturated rings. The fourth-order valence-corrected chi connectivity index (χ4v) is 3.25. The molecule has 1 aromatic carbocycles. The Hall–Kier alpha value is -2.88. The second-order valence-electron chi connectivity index (χ2n) is 5.27. The monoisotopic (exact) mass is 380 g/mol. The van der Waals surface area contributed by atoms with Gasteiger partial charge in [0.25, 0.3) is 5.91 Å². The van der Waals surface area contributed by atoms with Crippen molar-refractivity contribution in [2.24, 2.45) is 0 Å². The summed E-state index contributed by atoms with van der Waals surface area (Å²) in [6.07, 6.45) is 3.25. The molecule has 128 valence electrons. The third-order valence-corrected chi connectivity index (χ3v) is 4.76. The van der Waals surface area contributed by atoms with Crippen molar-refractivity contribution in [1.29, 1.82) is 5.26 Å². The summed E-state index contributed by atoms with van der Waals surface area (Å²) in [6.45, 7) is 0. The number of nitrogens with zero attached hydrogens (tertiary/aromatic N) is 3. The molecule has 26 heavy (non-hydrogen) atoms. The van der Waals surface area contributed by atoms with E-state index in [-0.39, 0.29) is 5.91 Å². The van der Waals surface area contributed by atoms with Gasteiger partial charge in [-0.2, -0.15) is 5.26 Å². The van der Waals surface area contributed by atoms with Crippen LogP contribution < -0.4 is 5.32 Å². The Labute approximate surface area is 160 Å². The van der Waals surface area contributed by atoms with E-state index in [1.54, 1.807) is 54.9 Å². The number of nitriles is 1. The second kappa shape index (κ2) is 8.48. The van der Waals surface area contributed by atoms with Gasteiger partial charge in [-0.15, -0.1) is 11.8 Å². The summed E-state index contributed by atoms with van der Waals surface area (Å²) in [7, 11) is 0. The van der Waals surface area contributed by atoms with Gasteiger partial charge in [0.15, 0.2) is 0 Å². The molecule has 0 aliphatic rings. The number of hydrogen-bond acceptors (Lipinski definition) is 5. The van der Waals surface area contributed by atoms with Crippen LogP contribution in [0.5, 0.6) is 0 Å². The molecule has 3 aromatic rings. The molecule has 0 spiro atoms. The lowest BCUT2D eigenvalue weighted by Gasteiger charge is -2.09. The van der Waals surface area contributed by atoms with Gasteiger partial charge in [0.2, 0.25) is 0 Å². The lowest BCUT2D eigenvalue weighted by Crippen LogP contribution is -2.13. The third-order valence-electron chi connectivity index (χ3n) is 3.43. The Bertz CT molecular complexity index is 970. The van der Waals surface area contributed by atoms with Crippen LogP contribution in [0.15, 0.2) is 66.0 Å². The fourth-order valence-electron chi connectivity index (χ4n) is 2.19. The summed E-state index contributed by atoms with van der Waals surface area (Å²) in [5.74, 6) is 0.338. The number of carbonyl (C=O) groups is 1. The quantitative estimate of drug-likeness (QED) is 0.657. The van der Waals surface area contributed by atoms with Gasteiger partial charge in [0.1, 0.15) is 16.8 Å². The number of halogens is 1. The van der Waals surface area contributed by atoms with Crippen LogP contribution in [0.25, 0.3) is 0 Å². The maximum atomic E-state index is 12.6. The molecule has 0 saturated heterocycles. The maximum absolute atomic E-state index is 12.6. The molecule has 2 aromatic heterocycles. The molecular weight excluding hydrogens is 368 g/mol. The lowest BCUT2D eigenvalue weighted by atomic mass is 10.2. The zero-order chi connectivity index (χ0) is 18.4. The van der Waals surface area contributed by atoms with E-state index in [1.807, 2.05) is 12.1 Å². The van der Waals surface area contributed by atoms with E-state index in [4.69, 9.17) is 16.9 Å². The number of pyridine rings is 2. The SMILES string of the molecule is N#Cc1cc(CSc2ncccc2C(=O)Nc2ccc(Cl)cc2)ccn1. The van der Waals surface area contributed by atoms with Gasteiger partial charge in [0, 0.05) is 28.9 Å². The first kappa shape index (κ1) is 17.9. The topological polar surface area (TPSA) is 78.7 Å². The molecule has 0 unspecified atom stereocenters. The van der Waals surface area contributed by atoms with Gasteiger partial charge < -0.3 is 5.32 Å². The highest BCUT2D eigenvalue weighted by Crippen LogP contribution is 2.25. The first-order valence-corrected chi connectivity index (χ1v) is 9.02. The van der Waals surface area contributed by atoms with Crippen LogP contribution in [0, 0.1) is 11.3 Å². The number of benzene rings is 1. The molecule has 5 nitrogen and oxygen atoms in total. The minimum atomic E-state index is -0.240. The third kappa shape index (κ3) is 4.60. The van der Waals surface area contributed by atoms with Gasteiger partial charge in [-0.05, 0) is 54.1 Å². The molecule has 2 heterocycles. The van der Waals surface area contributed by atoms with Crippen LogP contribution >= 0.6 is 23.4 Å². The van der Waals surface area contributed by atoms with Crippen molar-refractivity contribution < 1.29 is 4.79 Å². The Morgan fingerprint density at radius 3 is 2.73 bits per heavy atom. The predicted octanol–water partition coefficient (Wildman–Crippen LogP) is 4.55. The van der Waals surface area contributed by atoms with Gasteiger partial charge in [-0.3, -0.25) is 4.79 Å². The highest BCUT2D eigenvalue weighted by molar-refractivity contribution is 7.98. The van der Waals surface area contributed by atoms with Crippen LogP contribution in [0.1, 0.15) is 21.6 Å². The summed E-state index contributed by atoms with van der Waals surface area (Å²) in [5, 5.41) is 13.0. The fraction of sp³-hybridized carbons (Fsp3) is 0.0526. The molecule has 7 heteroatoms. The van der Waals surface area contributed by atoms with E-state index >= 15 is 0 Å². The van der Waals surface area contributed by atoms with Crippen molar-refractivity contribution in [3.05, 3.63) is 82.8 Å². The van der Waals surface area contributed by atoms with Crippen molar-refractivity contribution in [2.75, 3.05) is 5.32 Å². The number of carbonyl (C=O) groups excluding carboxylic acids is 1. The maximum Gasteiger partial charge on any atom is 0.258 e. The Kier molecular flexibility index (Phi) is 5.84. The van der Waals surface area contributed by atoms with E-state index in [1.165, 1.54) is 11.8 Å². The summed E-state index contributed by atoms with van der Waals surface area (Å²) < 4.78 is 0. The summed E-state index contributed by atoms with van der Waals surface area (Å²) in [4.78, 5) is 20.8. The minimum absolute atomic E-state index is 0.240. The van der Waals surface area contributed by atoms with E-state index < -0.39 is 0 Å². The van der Waals surface area contributed by atoms with Crippen molar-refractivity contribution in [2.45, 2.75) is 10.8 Å². The Morgan fingerprint density at radius 2 is 1.96 bits per heavy atom. The molecule has 0 aliphatic carbocycles. The zero-order valence-corrected chi connectivity index (χ0v) is 15.1. The Balaban J connectivity index is 1.74. The van der Waals surface area contributed by atoms with Crippen LogP contribution in [-0.4, -0.2) is 15.9 Å². The zero-order valence-electron chi connectivity index (χ0n) is 13.5. The second-order valence-corrected chi connectivity index (χ2v) is 6.67. The lowest BCUT2D eigenvalue weighted by molar-refractivity contribution is 0.102. The van der Waals surface area contributed by atoms with E-state index in [0.717, 1.165) is 5.56 Å². The Morgan fingerprint density at radius 1 is 1.15 bits per heavy atom. The minimum Gasteiger partial charge on any atom is -0.322 e. The van der Waals surface area contributed by atoms with Crippen molar-refractivity contribution in [1.82, 2.24) is 9.97 Å². The largest absolute Gasteiger partial charge is 0.322 e. The van der Waals surface area contributed by atoms with Crippen LogP contribution in [0.3, 0.4) is 0 Å². The molecule has 3 rings (SSSR count). The molecule has 0 bridgehead atoms. The summed E-state index contributed by atoms with van der Waals surface area (Å²) in [6, 6.07) is 15.9. The van der Waals surface area contributed by atoms with E-state index in [0.29, 0.717) is 32.7 Å². The highest BCUT2D eigenvalue weighted by atomic mass is 35.5. The molecule has 0 radical (unpaired) electrons. The first-order valence-electron chi connectivity index (χ1n) is 7.65. The average molecular weight is 381 g/mol. The van der Waals surface area contributed by atoms with Gasteiger partial charge in [-0.25, -0.2) is 9.97 Å². The molecule has 0 saturated carbocycles. The molecule has 0 aliphatic heterocycles.